The van der Waals surface area contributed by atoms with Gasteiger partial charge in [-0.25, -0.2) is 4.79 Å². The Kier molecular flexibility index (Phi) is 5.97. The number of rotatable bonds is 6. The zero-order chi connectivity index (χ0) is 21.0. The molecule has 0 saturated heterocycles. The highest BCUT2D eigenvalue weighted by Crippen LogP contribution is 2.40. The zero-order valence-electron chi connectivity index (χ0n) is 16.5. The van der Waals surface area contributed by atoms with Crippen LogP contribution in [0.15, 0.2) is 72.1 Å². The number of ether oxygens (including phenoxy) is 2. The normalized spacial score (nSPS) is 16.0. The first-order chi connectivity index (χ1) is 14.0. The van der Waals surface area contributed by atoms with Gasteiger partial charge in [0.1, 0.15) is 5.75 Å². The molecule has 7 heteroatoms. The highest BCUT2D eigenvalue weighted by molar-refractivity contribution is 5.93. The molecule has 0 saturated carbocycles. The number of nitrogens with zero attached hydrogens (tertiary/aromatic N) is 2. The van der Waals surface area contributed by atoms with E-state index in [-0.39, 0.29) is 12.3 Å². The minimum absolute atomic E-state index is 0.0356. The first kappa shape index (κ1) is 20.1. The fraction of sp³-hybridized carbons (Fsp3) is 0.227. The molecule has 3 rings (SSSR count). The number of allylic oxidation sites excluding steroid dienone is 2. The summed E-state index contributed by atoms with van der Waals surface area (Å²) in [6, 6.07) is 13.9. The van der Waals surface area contributed by atoms with Crippen molar-refractivity contribution in [2.24, 2.45) is 0 Å². The van der Waals surface area contributed by atoms with E-state index in [1.165, 1.54) is 6.07 Å². The van der Waals surface area contributed by atoms with Crippen LogP contribution in [0.2, 0.25) is 0 Å². The maximum atomic E-state index is 12.8. The van der Waals surface area contributed by atoms with Gasteiger partial charge in [-0.3, -0.25) is 10.1 Å². The van der Waals surface area contributed by atoms with Crippen molar-refractivity contribution in [3.8, 4) is 5.75 Å². The van der Waals surface area contributed by atoms with Gasteiger partial charge in [0, 0.05) is 41.2 Å². The van der Waals surface area contributed by atoms with Gasteiger partial charge in [0.2, 0.25) is 0 Å². The molecule has 0 amide bonds. The average molecular weight is 394 g/mol. The van der Waals surface area contributed by atoms with Crippen molar-refractivity contribution in [2.45, 2.75) is 19.8 Å². The van der Waals surface area contributed by atoms with E-state index in [1.807, 2.05) is 35.4 Å². The SMILES string of the molecule is CCOC(=O)C1=C(C)N(c2cccc(OC)c2)C=C[C@@H]1c1ccccc1[N+](=O)[O-]. The van der Waals surface area contributed by atoms with Crippen LogP contribution in [0, 0.1) is 10.1 Å². The Hall–Kier alpha value is -3.61. The highest BCUT2D eigenvalue weighted by atomic mass is 16.6. The number of nitro benzene ring substituents is 1. The van der Waals surface area contributed by atoms with Crippen molar-refractivity contribution in [3.05, 3.63) is 87.8 Å². The van der Waals surface area contributed by atoms with Crippen LogP contribution in [0.1, 0.15) is 25.3 Å². The summed E-state index contributed by atoms with van der Waals surface area (Å²) in [5.41, 5.74) is 2.22. The van der Waals surface area contributed by atoms with Crippen LogP contribution in [-0.4, -0.2) is 24.6 Å². The van der Waals surface area contributed by atoms with Gasteiger partial charge < -0.3 is 14.4 Å². The third-order valence-electron chi connectivity index (χ3n) is 4.79. The van der Waals surface area contributed by atoms with E-state index < -0.39 is 16.8 Å². The number of anilines is 1. The van der Waals surface area contributed by atoms with Gasteiger partial charge in [-0.2, -0.15) is 0 Å². The summed E-state index contributed by atoms with van der Waals surface area (Å²) in [6.45, 7) is 3.74. The topological polar surface area (TPSA) is 81.9 Å². The van der Waals surface area contributed by atoms with E-state index in [4.69, 9.17) is 9.47 Å². The second-order valence-corrected chi connectivity index (χ2v) is 6.43. The van der Waals surface area contributed by atoms with Crippen molar-refractivity contribution in [3.63, 3.8) is 0 Å². The van der Waals surface area contributed by atoms with Gasteiger partial charge in [0.05, 0.1) is 24.2 Å². The molecule has 0 aliphatic carbocycles. The molecule has 29 heavy (non-hydrogen) atoms. The maximum Gasteiger partial charge on any atom is 0.336 e. The van der Waals surface area contributed by atoms with Crippen LogP contribution < -0.4 is 9.64 Å². The van der Waals surface area contributed by atoms with E-state index in [0.29, 0.717) is 22.6 Å². The largest absolute Gasteiger partial charge is 0.497 e. The lowest BCUT2D eigenvalue weighted by molar-refractivity contribution is -0.385. The number of nitro groups is 1. The maximum absolute atomic E-state index is 12.8. The van der Waals surface area contributed by atoms with Crippen LogP contribution in [0.5, 0.6) is 5.75 Å². The molecule has 0 fully saturated rings. The Morgan fingerprint density at radius 3 is 2.66 bits per heavy atom. The number of esters is 1. The standard InChI is InChI=1S/C22H22N2O5/c1-4-29-22(25)21-15(2)23(16-8-7-9-17(14-16)28-3)13-12-19(21)18-10-5-6-11-20(18)24(26)27/h5-14,19H,4H2,1-3H3/t19-/m1/s1. The Labute approximate surface area is 169 Å². The molecular weight excluding hydrogens is 372 g/mol. The Balaban J connectivity index is 2.13. The number of carbonyl (C=O) groups excluding carboxylic acids is 1. The zero-order valence-corrected chi connectivity index (χ0v) is 16.5. The summed E-state index contributed by atoms with van der Waals surface area (Å²) in [4.78, 5) is 25.8. The van der Waals surface area contributed by atoms with E-state index in [1.54, 1.807) is 45.2 Å². The van der Waals surface area contributed by atoms with Crippen molar-refractivity contribution >= 4 is 17.3 Å². The van der Waals surface area contributed by atoms with Gasteiger partial charge in [-0.05, 0) is 26.0 Å². The van der Waals surface area contributed by atoms with E-state index in [0.717, 1.165) is 5.69 Å². The number of hydrogen-bond acceptors (Lipinski definition) is 6. The monoisotopic (exact) mass is 394 g/mol. The average Bonchev–Trinajstić information content (AvgIpc) is 2.73. The molecule has 1 atom stereocenters. The van der Waals surface area contributed by atoms with Crippen molar-refractivity contribution in [2.75, 3.05) is 18.6 Å². The molecule has 0 unspecified atom stereocenters. The third-order valence-corrected chi connectivity index (χ3v) is 4.79. The summed E-state index contributed by atoms with van der Waals surface area (Å²) in [6.07, 6.45) is 3.59. The summed E-state index contributed by atoms with van der Waals surface area (Å²) in [5, 5.41) is 11.5. The van der Waals surface area contributed by atoms with Crippen molar-refractivity contribution in [1.82, 2.24) is 0 Å². The number of benzene rings is 2. The molecule has 7 nitrogen and oxygen atoms in total. The number of carbonyl (C=O) groups is 1. The number of para-hydroxylation sites is 1. The summed E-state index contributed by atoms with van der Waals surface area (Å²) in [7, 11) is 1.59. The molecule has 0 bridgehead atoms. The first-order valence-electron chi connectivity index (χ1n) is 9.20. The smallest absolute Gasteiger partial charge is 0.336 e. The number of methoxy groups -OCH3 is 1. The molecule has 2 aromatic carbocycles. The van der Waals surface area contributed by atoms with E-state index in [2.05, 4.69) is 0 Å². The van der Waals surface area contributed by atoms with E-state index >= 15 is 0 Å². The molecule has 0 radical (unpaired) electrons. The van der Waals surface area contributed by atoms with Crippen LogP contribution in [0.3, 0.4) is 0 Å². The predicted octanol–water partition coefficient (Wildman–Crippen LogP) is 4.56. The van der Waals surface area contributed by atoms with Gasteiger partial charge in [0.15, 0.2) is 0 Å². The van der Waals surface area contributed by atoms with Gasteiger partial charge in [-0.1, -0.05) is 30.3 Å². The molecule has 0 aromatic heterocycles. The number of hydrogen-bond donors (Lipinski definition) is 0. The summed E-state index contributed by atoms with van der Waals surface area (Å²) < 4.78 is 10.6. The molecule has 1 aliphatic heterocycles. The van der Waals surface area contributed by atoms with Gasteiger partial charge >= 0.3 is 5.97 Å². The van der Waals surface area contributed by atoms with Crippen LogP contribution in [0.25, 0.3) is 0 Å². The molecule has 2 aromatic rings. The second-order valence-electron chi connectivity index (χ2n) is 6.43. The van der Waals surface area contributed by atoms with Gasteiger partial charge in [0.25, 0.3) is 5.69 Å². The van der Waals surface area contributed by atoms with E-state index in [9.17, 15) is 14.9 Å². The molecule has 0 N–H and O–H groups in total. The second kappa shape index (κ2) is 8.60. The molecular formula is C22H22N2O5. The summed E-state index contributed by atoms with van der Waals surface area (Å²) >= 11 is 0. The molecule has 1 heterocycles. The predicted molar refractivity (Wildman–Crippen MR) is 110 cm³/mol. The quantitative estimate of drug-likeness (QED) is 0.406. The van der Waals surface area contributed by atoms with Crippen molar-refractivity contribution < 1.29 is 19.2 Å². The van der Waals surface area contributed by atoms with Crippen LogP contribution in [0.4, 0.5) is 11.4 Å². The van der Waals surface area contributed by atoms with Crippen molar-refractivity contribution in [1.29, 1.82) is 0 Å². The molecule has 0 spiro atoms. The minimum atomic E-state index is -0.586. The fourth-order valence-corrected chi connectivity index (χ4v) is 3.43. The lowest BCUT2D eigenvalue weighted by atomic mass is 9.86. The Morgan fingerprint density at radius 1 is 1.21 bits per heavy atom. The van der Waals surface area contributed by atoms with Gasteiger partial charge in [-0.15, -0.1) is 0 Å². The lowest BCUT2D eigenvalue weighted by Crippen LogP contribution is -2.27. The fourth-order valence-electron chi connectivity index (χ4n) is 3.43. The third kappa shape index (κ3) is 3.99. The molecule has 150 valence electrons. The Bertz CT molecular complexity index is 996. The van der Waals surface area contributed by atoms with Crippen LogP contribution >= 0.6 is 0 Å². The first-order valence-corrected chi connectivity index (χ1v) is 9.20. The minimum Gasteiger partial charge on any atom is -0.497 e. The molecule has 1 aliphatic rings. The van der Waals surface area contributed by atoms with Crippen LogP contribution in [-0.2, 0) is 9.53 Å². The Morgan fingerprint density at radius 2 is 1.97 bits per heavy atom. The highest BCUT2D eigenvalue weighted by Gasteiger charge is 2.33. The lowest BCUT2D eigenvalue weighted by Gasteiger charge is -2.31. The summed E-state index contributed by atoms with van der Waals surface area (Å²) in [5.74, 6) is -0.398.